The van der Waals surface area contributed by atoms with Crippen molar-refractivity contribution in [2.24, 2.45) is 0 Å². The van der Waals surface area contributed by atoms with Gasteiger partial charge in [0, 0.05) is 11.4 Å². The van der Waals surface area contributed by atoms with Crippen molar-refractivity contribution in [3.8, 4) is 5.69 Å². The Morgan fingerprint density at radius 2 is 1.71 bits per heavy atom. The van der Waals surface area contributed by atoms with E-state index in [0.29, 0.717) is 16.4 Å². The third-order valence-corrected chi connectivity index (χ3v) is 6.31. The van der Waals surface area contributed by atoms with Crippen LogP contribution in [0.25, 0.3) is 5.69 Å². The number of nitrogens with zero attached hydrogens (tertiary/aromatic N) is 2. The van der Waals surface area contributed by atoms with Crippen molar-refractivity contribution >= 4 is 33.0 Å². The highest BCUT2D eigenvalue weighted by atomic mass is 35.5. The van der Waals surface area contributed by atoms with Crippen molar-refractivity contribution in [3.05, 3.63) is 71.0 Å². The topological polar surface area (TPSA) is 81.1 Å². The lowest BCUT2D eigenvalue weighted by atomic mass is 10.3. The zero-order valence-electron chi connectivity index (χ0n) is 15.5. The molecule has 0 fully saturated rings. The second-order valence-electron chi connectivity index (χ2n) is 6.36. The molecule has 0 aliphatic heterocycles. The SMILES string of the molecule is Cc1nn(-c2ccccc2)c(C)c1NC(=O)CCS(=O)(=O)c1ccc(Cl)cc1. The molecule has 0 radical (unpaired) electrons. The van der Waals surface area contributed by atoms with E-state index < -0.39 is 9.84 Å². The van der Waals surface area contributed by atoms with Gasteiger partial charge in [-0.1, -0.05) is 29.8 Å². The summed E-state index contributed by atoms with van der Waals surface area (Å²) < 4.78 is 26.5. The van der Waals surface area contributed by atoms with E-state index in [4.69, 9.17) is 11.6 Å². The third-order valence-electron chi connectivity index (χ3n) is 4.33. The van der Waals surface area contributed by atoms with E-state index in [-0.39, 0.29) is 23.0 Å². The van der Waals surface area contributed by atoms with Gasteiger partial charge in [0.25, 0.3) is 0 Å². The first-order chi connectivity index (χ1) is 13.3. The maximum Gasteiger partial charge on any atom is 0.225 e. The molecule has 0 aliphatic rings. The number of anilines is 1. The summed E-state index contributed by atoms with van der Waals surface area (Å²) in [6.45, 7) is 3.65. The van der Waals surface area contributed by atoms with E-state index in [1.807, 2.05) is 37.3 Å². The van der Waals surface area contributed by atoms with Crippen LogP contribution in [0.3, 0.4) is 0 Å². The van der Waals surface area contributed by atoms with Crippen LogP contribution in [-0.4, -0.2) is 29.9 Å². The first-order valence-electron chi connectivity index (χ1n) is 8.68. The molecule has 0 atom stereocenters. The Kier molecular flexibility index (Phi) is 5.86. The van der Waals surface area contributed by atoms with E-state index >= 15 is 0 Å². The molecule has 3 rings (SSSR count). The van der Waals surface area contributed by atoms with Gasteiger partial charge in [0.2, 0.25) is 5.91 Å². The zero-order valence-corrected chi connectivity index (χ0v) is 17.1. The van der Waals surface area contributed by atoms with Crippen molar-refractivity contribution in [3.63, 3.8) is 0 Å². The molecule has 3 aromatic rings. The highest BCUT2D eigenvalue weighted by molar-refractivity contribution is 7.91. The van der Waals surface area contributed by atoms with E-state index in [1.54, 1.807) is 11.6 Å². The molecule has 1 aromatic heterocycles. The van der Waals surface area contributed by atoms with Crippen molar-refractivity contribution in [1.29, 1.82) is 0 Å². The predicted octanol–water partition coefficient (Wildman–Crippen LogP) is 3.95. The molecule has 1 heterocycles. The molecule has 0 saturated heterocycles. The molecule has 6 nitrogen and oxygen atoms in total. The minimum Gasteiger partial charge on any atom is -0.323 e. The Hall–Kier alpha value is -2.64. The van der Waals surface area contributed by atoms with Crippen LogP contribution in [-0.2, 0) is 14.6 Å². The molecule has 1 amide bonds. The average molecular weight is 418 g/mol. The number of benzene rings is 2. The summed E-state index contributed by atoms with van der Waals surface area (Å²) in [6, 6.07) is 15.5. The number of para-hydroxylation sites is 1. The summed E-state index contributed by atoms with van der Waals surface area (Å²) in [5.41, 5.74) is 2.92. The van der Waals surface area contributed by atoms with Gasteiger partial charge in [0.05, 0.1) is 33.4 Å². The molecular weight excluding hydrogens is 398 g/mol. The number of nitrogens with one attached hydrogen (secondary N) is 1. The van der Waals surface area contributed by atoms with Gasteiger partial charge in [0.1, 0.15) is 0 Å². The fourth-order valence-electron chi connectivity index (χ4n) is 2.83. The maximum atomic E-state index is 12.4. The third kappa shape index (κ3) is 4.43. The monoisotopic (exact) mass is 417 g/mol. The molecule has 2 aromatic carbocycles. The number of rotatable bonds is 6. The van der Waals surface area contributed by atoms with Gasteiger partial charge >= 0.3 is 0 Å². The lowest BCUT2D eigenvalue weighted by Crippen LogP contribution is -2.18. The maximum absolute atomic E-state index is 12.4. The Morgan fingerprint density at radius 1 is 1.07 bits per heavy atom. The van der Waals surface area contributed by atoms with Gasteiger partial charge in [-0.2, -0.15) is 5.10 Å². The van der Waals surface area contributed by atoms with Gasteiger partial charge in [-0.05, 0) is 50.2 Å². The van der Waals surface area contributed by atoms with Crippen molar-refractivity contribution in [2.45, 2.75) is 25.2 Å². The second kappa shape index (κ2) is 8.16. The number of carbonyl (C=O) groups is 1. The summed E-state index contributed by atoms with van der Waals surface area (Å²) >= 11 is 5.79. The number of aryl methyl sites for hydroxylation is 1. The van der Waals surface area contributed by atoms with Crippen LogP contribution >= 0.6 is 11.6 Å². The van der Waals surface area contributed by atoms with Crippen molar-refractivity contribution in [1.82, 2.24) is 9.78 Å². The zero-order chi connectivity index (χ0) is 20.3. The van der Waals surface area contributed by atoms with Gasteiger partial charge in [0.15, 0.2) is 9.84 Å². The molecule has 0 saturated carbocycles. The first kappa shape index (κ1) is 20.1. The highest BCUT2D eigenvalue weighted by Gasteiger charge is 2.19. The Bertz CT molecular complexity index is 1090. The quantitative estimate of drug-likeness (QED) is 0.658. The van der Waals surface area contributed by atoms with Crippen LogP contribution < -0.4 is 5.32 Å². The molecule has 0 aliphatic carbocycles. The number of amides is 1. The van der Waals surface area contributed by atoms with Crippen LogP contribution in [0.2, 0.25) is 5.02 Å². The standard InChI is InChI=1S/C20H20ClN3O3S/c1-14-20(15(2)24(23-14)17-6-4-3-5-7-17)22-19(25)12-13-28(26,27)18-10-8-16(21)9-11-18/h3-11H,12-13H2,1-2H3,(H,22,25). The van der Waals surface area contributed by atoms with E-state index in [9.17, 15) is 13.2 Å². The molecular formula is C20H20ClN3O3S. The minimum atomic E-state index is -3.56. The fraction of sp³-hybridized carbons (Fsp3) is 0.200. The van der Waals surface area contributed by atoms with Gasteiger partial charge < -0.3 is 5.32 Å². The molecule has 1 N–H and O–H groups in total. The molecule has 146 valence electrons. The number of hydrogen-bond acceptors (Lipinski definition) is 4. The van der Waals surface area contributed by atoms with Crippen LogP contribution in [0, 0.1) is 13.8 Å². The number of carbonyl (C=O) groups excluding carboxylic acids is 1. The summed E-state index contributed by atoms with van der Waals surface area (Å²) in [5, 5.41) is 7.72. The van der Waals surface area contributed by atoms with Crippen molar-refractivity contribution in [2.75, 3.05) is 11.1 Å². The minimum absolute atomic E-state index is 0.147. The fourth-order valence-corrected chi connectivity index (χ4v) is 4.20. The highest BCUT2D eigenvalue weighted by Crippen LogP contribution is 2.23. The lowest BCUT2D eigenvalue weighted by Gasteiger charge is -2.08. The summed E-state index contributed by atoms with van der Waals surface area (Å²) in [5.74, 6) is -0.665. The molecule has 0 spiro atoms. The van der Waals surface area contributed by atoms with Crippen LogP contribution in [0.5, 0.6) is 0 Å². The van der Waals surface area contributed by atoms with E-state index in [0.717, 1.165) is 11.4 Å². The molecule has 28 heavy (non-hydrogen) atoms. The smallest absolute Gasteiger partial charge is 0.225 e. The first-order valence-corrected chi connectivity index (χ1v) is 10.7. The summed E-state index contributed by atoms with van der Waals surface area (Å²) in [4.78, 5) is 12.5. The average Bonchev–Trinajstić information content (AvgIpc) is 2.96. The summed E-state index contributed by atoms with van der Waals surface area (Å²) in [6.07, 6.45) is -0.152. The van der Waals surface area contributed by atoms with E-state index in [2.05, 4.69) is 10.4 Å². The second-order valence-corrected chi connectivity index (χ2v) is 8.91. The van der Waals surface area contributed by atoms with E-state index in [1.165, 1.54) is 24.3 Å². The summed E-state index contributed by atoms with van der Waals surface area (Å²) in [7, 11) is -3.56. The van der Waals surface area contributed by atoms with Crippen LogP contribution in [0.15, 0.2) is 59.5 Å². The Morgan fingerprint density at radius 3 is 2.36 bits per heavy atom. The van der Waals surface area contributed by atoms with Gasteiger partial charge in [-0.15, -0.1) is 0 Å². The Balaban J connectivity index is 1.70. The number of hydrogen-bond donors (Lipinski definition) is 1. The molecule has 0 unspecified atom stereocenters. The number of aromatic nitrogens is 2. The Labute approximate surface area is 169 Å². The number of sulfone groups is 1. The van der Waals surface area contributed by atoms with Crippen molar-refractivity contribution < 1.29 is 13.2 Å². The number of halogens is 1. The molecule has 0 bridgehead atoms. The van der Waals surface area contributed by atoms with Crippen LogP contribution in [0.4, 0.5) is 5.69 Å². The van der Waals surface area contributed by atoms with Gasteiger partial charge in [-0.3, -0.25) is 4.79 Å². The van der Waals surface area contributed by atoms with Crippen LogP contribution in [0.1, 0.15) is 17.8 Å². The van der Waals surface area contributed by atoms with Gasteiger partial charge in [-0.25, -0.2) is 13.1 Å². The normalized spacial score (nSPS) is 11.4. The lowest BCUT2D eigenvalue weighted by molar-refractivity contribution is -0.115. The largest absolute Gasteiger partial charge is 0.323 e. The molecule has 8 heteroatoms. The predicted molar refractivity (Wildman–Crippen MR) is 110 cm³/mol.